The molecule has 5 heteroatoms. The third kappa shape index (κ3) is 2.10. The summed E-state index contributed by atoms with van der Waals surface area (Å²) in [4.78, 5) is 4.49. The molecular weight excluding hydrogens is 289 g/mol. The quantitative estimate of drug-likeness (QED) is 0.884. The van der Waals surface area contributed by atoms with Crippen molar-refractivity contribution in [1.29, 1.82) is 0 Å². The van der Waals surface area contributed by atoms with Gasteiger partial charge in [0.1, 0.15) is 15.6 Å². The predicted molar refractivity (Wildman–Crippen MR) is 70.1 cm³/mol. The maximum absolute atomic E-state index is 6.18. The Morgan fingerprint density at radius 2 is 2.31 bits per heavy atom. The maximum atomic E-state index is 6.18. The first kappa shape index (κ1) is 11.9. The molecule has 86 valence electrons. The van der Waals surface area contributed by atoms with Gasteiger partial charge in [-0.2, -0.15) is 0 Å². The number of hydrogen-bond donors (Lipinski definition) is 1. The fraction of sp³-hybridized carbons (Fsp3) is 0.364. The Kier molecular flexibility index (Phi) is 3.52. The average molecular weight is 303 g/mol. The van der Waals surface area contributed by atoms with Crippen LogP contribution in [-0.2, 0) is 6.42 Å². The number of hydrogen-bond acceptors (Lipinski definition) is 2. The van der Waals surface area contributed by atoms with Gasteiger partial charge in [0.25, 0.3) is 0 Å². The van der Waals surface area contributed by atoms with Crippen LogP contribution in [0.15, 0.2) is 22.8 Å². The van der Waals surface area contributed by atoms with Crippen molar-refractivity contribution in [2.75, 3.05) is 7.05 Å². The summed E-state index contributed by atoms with van der Waals surface area (Å²) in [6.07, 6.45) is 0.840. The van der Waals surface area contributed by atoms with Crippen molar-refractivity contribution in [1.82, 2.24) is 14.7 Å². The van der Waals surface area contributed by atoms with E-state index in [1.54, 1.807) is 0 Å². The topological polar surface area (TPSA) is 29.3 Å². The second-order valence-electron chi connectivity index (χ2n) is 3.78. The molecule has 0 bridgehead atoms. The van der Waals surface area contributed by atoms with E-state index in [1.165, 1.54) is 0 Å². The number of nitrogens with zero attached hydrogens (tertiary/aromatic N) is 2. The standard InChI is InChI=1S/C11H13BrClN3/c1-7(14-2)6-10-15-11(12)8-4-3-5-9(13)16(8)10/h3-5,7,14H,6H2,1-2H3. The van der Waals surface area contributed by atoms with Crippen molar-refractivity contribution in [3.63, 3.8) is 0 Å². The highest BCUT2D eigenvalue weighted by Gasteiger charge is 2.13. The van der Waals surface area contributed by atoms with Crippen LogP contribution in [-0.4, -0.2) is 22.5 Å². The van der Waals surface area contributed by atoms with E-state index in [0.29, 0.717) is 11.2 Å². The molecule has 1 N–H and O–H groups in total. The van der Waals surface area contributed by atoms with Gasteiger partial charge in [0.05, 0.1) is 5.52 Å². The lowest BCUT2D eigenvalue weighted by Crippen LogP contribution is -2.24. The van der Waals surface area contributed by atoms with Crippen LogP contribution in [0.2, 0.25) is 5.15 Å². The van der Waals surface area contributed by atoms with Crippen LogP contribution in [0, 0.1) is 0 Å². The van der Waals surface area contributed by atoms with Crippen LogP contribution in [0.25, 0.3) is 5.52 Å². The van der Waals surface area contributed by atoms with E-state index >= 15 is 0 Å². The molecule has 0 aliphatic rings. The number of nitrogens with one attached hydrogen (secondary N) is 1. The lowest BCUT2D eigenvalue weighted by atomic mass is 10.2. The summed E-state index contributed by atoms with van der Waals surface area (Å²) < 4.78 is 2.81. The molecular formula is C11H13BrClN3. The van der Waals surface area contributed by atoms with Gasteiger partial charge < -0.3 is 5.32 Å². The van der Waals surface area contributed by atoms with Gasteiger partial charge in [-0.3, -0.25) is 4.40 Å². The first-order chi connectivity index (χ1) is 7.63. The van der Waals surface area contributed by atoms with Crippen molar-refractivity contribution in [3.05, 3.63) is 33.8 Å². The highest BCUT2D eigenvalue weighted by atomic mass is 79.9. The predicted octanol–water partition coefficient (Wildman–Crippen LogP) is 2.90. The molecule has 2 aromatic rings. The largest absolute Gasteiger partial charge is 0.317 e. The van der Waals surface area contributed by atoms with Gasteiger partial charge in [-0.05, 0) is 42.0 Å². The number of fused-ring (bicyclic) bond motifs is 1. The van der Waals surface area contributed by atoms with Crippen LogP contribution in [0.5, 0.6) is 0 Å². The summed E-state index contributed by atoms with van der Waals surface area (Å²) in [5.41, 5.74) is 1.01. The molecule has 1 atom stereocenters. The van der Waals surface area contributed by atoms with Gasteiger partial charge in [-0.25, -0.2) is 4.98 Å². The number of pyridine rings is 1. The van der Waals surface area contributed by atoms with Crippen molar-refractivity contribution in [2.24, 2.45) is 0 Å². The van der Waals surface area contributed by atoms with Gasteiger partial charge in [-0.15, -0.1) is 0 Å². The summed E-state index contributed by atoms with van der Waals surface area (Å²) >= 11 is 9.64. The van der Waals surface area contributed by atoms with Crippen LogP contribution in [0.1, 0.15) is 12.7 Å². The molecule has 16 heavy (non-hydrogen) atoms. The van der Waals surface area contributed by atoms with Crippen molar-refractivity contribution >= 4 is 33.0 Å². The molecule has 2 heterocycles. The normalized spacial score (nSPS) is 13.2. The molecule has 0 spiro atoms. The Bertz CT molecular complexity index is 509. The fourth-order valence-electron chi connectivity index (χ4n) is 1.64. The third-order valence-electron chi connectivity index (χ3n) is 2.62. The SMILES string of the molecule is CNC(C)Cc1nc(Br)c2cccc(Cl)n12. The van der Waals surface area contributed by atoms with E-state index in [4.69, 9.17) is 11.6 Å². The van der Waals surface area contributed by atoms with Gasteiger partial charge in [0, 0.05) is 12.5 Å². The molecule has 0 radical (unpaired) electrons. The first-order valence-electron chi connectivity index (χ1n) is 5.12. The maximum Gasteiger partial charge on any atom is 0.132 e. The molecule has 2 aromatic heterocycles. The zero-order chi connectivity index (χ0) is 11.7. The van der Waals surface area contributed by atoms with Crippen molar-refractivity contribution < 1.29 is 0 Å². The molecule has 0 fully saturated rings. The minimum Gasteiger partial charge on any atom is -0.317 e. The third-order valence-corrected chi connectivity index (χ3v) is 3.50. The van der Waals surface area contributed by atoms with Gasteiger partial charge >= 0.3 is 0 Å². The molecule has 0 aromatic carbocycles. The Hall–Kier alpha value is -0.580. The van der Waals surface area contributed by atoms with E-state index in [2.05, 4.69) is 33.2 Å². The van der Waals surface area contributed by atoms with Crippen molar-refractivity contribution in [3.8, 4) is 0 Å². The molecule has 0 aliphatic heterocycles. The molecule has 0 saturated heterocycles. The second-order valence-corrected chi connectivity index (χ2v) is 4.92. The summed E-state index contributed by atoms with van der Waals surface area (Å²) in [5.74, 6) is 0.967. The highest BCUT2D eigenvalue weighted by Crippen LogP contribution is 2.23. The number of rotatable bonds is 3. The summed E-state index contributed by atoms with van der Waals surface area (Å²) in [5, 5.41) is 3.88. The van der Waals surface area contributed by atoms with Crippen LogP contribution in [0.3, 0.4) is 0 Å². The molecule has 0 aliphatic carbocycles. The minimum atomic E-state index is 0.369. The Morgan fingerprint density at radius 1 is 1.56 bits per heavy atom. The fourth-order valence-corrected chi connectivity index (χ4v) is 2.42. The summed E-state index contributed by atoms with van der Waals surface area (Å²) in [6.45, 7) is 2.12. The Labute approximate surface area is 108 Å². The lowest BCUT2D eigenvalue weighted by molar-refractivity contribution is 0.589. The zero-order valence-electron chi connectivity index (χ0n) is 9.17. The number of aromatic nitrogens is 2. The monoisotopic (exact) mass is 301 g/mol. The Balaban J connectivity index is 2.53. The van der Waals surface area contributed by atoms with Crippen LogP contribution in [0.4, 0.5) is 0 Å². The van der Waals surface area contributed by atoms with E-state index in [9.17, 15) is 0 Å². The van der Waals surface area contributed by atoms with E-state index in [0.717, 1.165) is 22.4 Å². The minimum absolute atomic E-state index is 0.369. The average Bonchev–Trinajstić information content (AvgIpc) is 2.57. The van der Waals surface area contributed by atoms with Crippen molar-refractivity contribution in [2.45, 2.75) is 19.4 Å². The van der Waals surface area contributed by atoms with Gasteiger partial charge in [0.15, 0.2) is 0 Å². The van der Waals surface area contributed by atoms with Crippen LogP contribution >= 0.6 is 27.5 Å². The first-order valence-corrected chi connectivity index (χ1v) is 6.29. The summed E-state index contributed by atoms with van der Waals surface area (Å²) in [7, 11) is 1.94. The van der Waals surface area contributed by atoms with E-state index in [-0.39, 0.29) is 0 Å². The highest BCUT2D eigenvalue weighted by molar-refractivity contribution is 9.10. The Morgan fingerprint density at radius 3 is 3.00 bits per heavy atom. The number of likely N-dealkylation sites (N-methyl/N-ethyl adjacent to an activating group) is 1. The molecule has 0 saturated carbocycles. The van der Waals surface area contributed by atoms with Gasteiger partial charge in [-0.1, -0.05) is 17.7 Å². The molecule has 0 amide bonds. The number of imidazole rings is 1. The molecule has 1 unspecified atom stereocenters. The van der Waals surface area contributed by atoms with E-state index in [1.807, 2.05) is 29.6 Å². The smallest absolute Gasteiger partial charge is 0.132 e. The lowest BCUT2D eigenvalue weighted by Gasteiger charge is -2.09. The van der Waals surface area contributed by atoms with Gasteiger partial charge in [0.2, 0.25) is 0 Å². The molecule has 2 rings (SSSR count). The van der Waals surface area contributed by atoms with Crippen LogP contribution < -0.4 is 5.32 Å². The number of halogens is 2. The second kappa shape index (κ2) is 4.73. The molecule has 3 nitrogen and oxygen atoms in total. The van der Waals surface area contributed by atoms with E-state index < -0.39 is 0 Å². The summed E-state index contributed by atoms with van der Waals surface area (Å²) in [6, 6.07) is 6.16. The zero-order valence-corrected chi connectivity index (χ0v) is 11.5.